The van der Waals surface area contributed by atoms with Crippen LogP contribution in [0.2, 0.25) is 0 Å². The molecule has 0 aliphatic carbocycles. The summed E-state index contributed by atoms with van der Waals surface area (Å²) in [5, 5.41) is 11.2. The van der Waals surface area contributed by atoms with Crippen molar-refractivity contribution in [3.05, 3.63) is 24.2 Å². The van der Waals surface area contributed by atoms with Gasteiger partial charge in [-0.1, -0.05) is 5.16 Å². The molecule has 1 N–H and O–H groups in total. The molecule has 0 aromatic carbocycles. The lowest BCUT2D eigenvalue weighted by atomic mass is 10.3. The molecule has 2 heterocycles. The largest absolute Gasteiger partial charge is 0.337 e. The van der Waals surface area contributed by atoms with Crippen LogP contribution < -0.4 is 4.72 Å². The molecule has 2 aromatic rings. The number of aromatic nitrogens is 4. The van der Waals surface area contributed by atoms with Crippen molar-refractivity contribution >= 4 is 10.0 Å². The molecule has 1 unspecified atom stereocenters. The first kappa shape index (κ1) is 12.6. The van der Waals surface area contributed by atoms with Crippen molar-refractivity contribution < 1.29 is 12.9 Å². The molecule has 18 heavy (non-hydrogen) atoms. The molecule has 0 saturated carbocycles. The monoisotopic (exact) mass is 269 g/mol. The number of hydrogen-bond donors (Lipinski definition) is 1. The average Bonchev–Trinajstić information content (AvgIpc) is 2.77. The molecule has 9 heteroatoms. The standard InChI is InChI=1S/C9H11N5O3S/c1-6(14-18(2,15)16)9-11-8(13-17-9)7-4-3-5-10-12-7/h3-6,14H,1-2H3. The molecule has 2 aromatic heterocycles. The molecule has 0 amide bonds. The second-order valence-corrected chi connectivity index (χ2v) is 5.46. The maximum absolute atomic E-state index is 11.1. The van der Waals surface area contributed by atoms with Gasteiger partial charge in [0.1, 0.15) is 5.69 Å². The van der Waals surface area contributed by atoms with Crippen LogP contribution in [0.4, 0.5) is 0 Å². The van der Waals surface area contributed by atoms with Gasteiger partial charge in [-0.15, -0.1) is 5.10 Å². The van der Waals surface area contributed by atoms with Gasteiger partial charge in [0.2, 0.25) is 21.7 Å². The molecule has 0 saturated heterocycles. The van der Waals surface area contributed by atoms with E-state index in [4.69, 9.17) is 4.52 Å². The zero-order valence-corrected chi connectivity index (χ0v) is 10.5. The lowest BCUT2D eigenvalue weighted by Gasteiger charge is -2.05. The van der Waals surface area contributed by atoms with Gasteiger partial charge in [0.15, 0.2) is 0 Å². The van der Waals surface area contributed by atoms with Crippen LogP contribution in [0, 0.1) is 0 Å². The average molecular weight is 269 g/mol. The number of nitrogens with one attached hydrogen (secondary N) is 1. The summed E-state index contributed by atoms with van der Waals surface area (Å²) in [4.78, 5) is 4.06. The molecule has 2 rings (SSSR count). The topological polar surface area (TPSA) is 111 Å². The Labute approximate surface area is 103 Å². The van der Waals surface area contributed by atoms with Crippen molar-refractivity contribution in [2.75, 3.05) is 6.26 Å². The minimum absolute atomic E-state index is 0.168. The van der Waals surface area contributed by atoms with E-state index in [1.807, 2.05) is 0 Å². The quantitative estimate of drug-likeness (QED) is 0.840. The summed E-state index contributed by atoms with van der Waals surface area (Å²) < 4.78 is 29.4. The Morgan fingerprint density at radius 2 is 2.22 bits per heavy atom. The summed E-state index contributed by atoms with van der Waals surface area (Å²) in [6.45, 7) is 1.61. The number of sulfonamides is 1. The second-order valence-electron chi connectivity index (χ2n) is 3.68. The normalized spacial score (nSPS) is 13.4. The third-order valence-corrected chi connectivity index (χ3v) is 2.79. The maximum atomic E-state index is 11.1. The Morgan fingerprint density at radius 1 is 1.44 bits per heavy atom. The smallest absolute Gasteiger partial charge is 0.244 e. The highest BCUT2D eigenvalue weighted by atomic mass is 32.2. The highest BCUT2D eigenvalue weighted by molar-refractivity contribution is 7.88. The van der Waals surface area contributed by atoms with Gasteiger partial charge in [-0.05, 0) is 19.1 Å². The van der Waals surface area contributed by atoms with E-state index >= 15 is 0 Å². The first-order valence-corrected chi connectivity index (χ1v) is 6.94. The van der Waals surface area contributed by atoms with E-state index < -0.39 is 16.1 Å². The van der Waals surface area contributed by atoms with Gasteiger partial charge >= 0.3 is 0 Å². The van der Waals surface area contributed by atoms with Crippen LogP contribution in [-0.2, 0) is 10.0 Å². The SMILES string of the molecule is CC(NS(C)(=O)=O)c1nc(-c2cccnn2)no1. The molecule has 8 nitrogen and oxygen atoms in total. The predicted molar refractivity (Wildman–Crippen MR) is 61.7 cm³/mol. The van der Waals surface area contributed by atoms with Gasteiger partial charge in [0, 0.05) is 6.20 Å². The van der Waals surface area contributed by atoms with Crippen molar-refractivity contribution in [2.24, 2.45) is 0 Å². The Balaban J connectivity index is 2.21. The van der Waals surface area contributed by atoms with Gasteiger partial charge in [-0.25, -0.2) is 13.1 Å². The van der Waals surface area contributed by atoms with E-state index in [-0.39, 0.29) is 11.7 Å². The summed E-state index contributed by atoms with van der Waals surface area (Å²) in [5.41, 5.74) is 0.457. The van der Waals surface area contributed by atoms with Gasteiger partial charge < -0.3 is 4.52 Å². The van der Waals surface area contributed by atoms with E-state index in [0.29, 0.717) is 5.69 Å². The van der Waals surface area contributed by atoms with E-state index in [9.17, 15) is 8.42 Å². The van der Waals surface area contributed by atoms with Crippen LogP contribution in [0.15, 0.2) is 22.9 Å². The van der Waals surface area contributed by atoms with Crippen LogP contribution in [-0.4, -0.2) is 35.0 Å². The zero-order chi connectivity index (χ0) is 13.2. The zero-order valence-electron chi connectivity index (χ0n) is 9.73. The Kier molecular flexibility index (Phi) is 3.34. The summed E-state index contributed by atoms with van der Waals surface area (Å²) in [6.07, 6.45) is 2.59. The molecular formula is C9H11N5O3S. The molecule has 0 aliphatic heterocycles. The number of hydrogen-bond acceptors (Lipinski definition) is 7. The molecule has 1 atom stereocenters. The molecule has 96 valence electrons. The van der Waals surface area contributed by atoms with Gasteiger partial charge in [0.05, 0.1) is 12.3 Å². The fourth-order valence-electron chi connectivity index (χ4n) is 1.31. The third kappa shape index (κ3) is 3.08. The minimum Gasteiger partial charge on any atom is -0.337 e. The van der Waals surface area contributed by atoms with Gasteiger partial charge in [-0.3, -0.25) is 0 Å². The first-order chi connectivity index (χ1) is 8.46. The second kappa shape index (κ2) is 4.78. The number of nitrogens with zero attached hydrogens (tertiary/aromatic N) is 4. The Morgan fingerprint density at radius 3 is 2.83 bits per heavy atom. The van der Waals surface area contributed by atoms with Crippen molar-refractivity contribution in [1.29, 1.82) is 0 Å². The predicted octanol–water partition coefficient (Wildman–Crippen LogP) is 0.137. The van der Waals surface area contributed by atoms with Crippen molar-refractivity contribution in [2.45, 2.75) is 13.0 Å². The fraction of sp³-hybridized carbons (Fsp3) is 0.333. The van der Waals surface area contributed by atoms with Crippen molar-refractivity contribution in [1.82, 2.24) is 25.1 Å². The van der Waals surface area contributed by atoms with Crippen molar-refractivity contribution in [3.8, 4) is 11.5 Å². The molecule has 0 aliphatic rings. The first-order valence-electron chi connectivity index (χ1n) is 5.05. The summed E-state index contributed by atoms with van der Waals surface area (Å²) in [7, 11) is -3.33. The van der Waals surface area contributed by atoms with Gasteiger partial charge in [0.25, 0.3) is 0 Å². The van der Waals surface area contributed by atoms with E-state index in [2.05, 4.69) is 25.1 Å². The lowest BCUT2D eigenvalue weighted by molar-refractivity contribution is 0.354. The van der Waals surface area contributed by atoms with Crippen LogP contribution in [0.25, 0.3) is 11.5 Å². The highest BCUT2D eigenvalue weighted by Crippen LogP contribution is 2.16. The third-order valence-electron chi connectivity index (χ3n) is 2.00. The molecule has 0 fully saturated rings. The van der Waals surface area contributed by atoms with E-state index in [0.717, 1.165) is 6.26 Å². The molecule has 0 bridgehead atoms. The van der Waals surface area contributed by atoms with Crippen LogP contribution >= 0.6 is 0 Å². The van der Waals surface area contributed by atoms with Crippen LogP contribution in [0.1, 0.15) is 18.9 Å². The Hall–Kier alpha value is -1.87. The highest BCUT2D eigenvalue weighted by Gasteiger charge is 2.18. The van der Waals surface area contributed by atoms with Crippen molar-refractivity contribution in [3.63, 3.8) is 0 Å². The minimum atomic E-state index is -3.33. The molecule has 0 radical (unpaired) electrons. The summed E-state index contributed by atoms with van der Waals surface area (Å²) >= 11 is 0. The van der Waals surface area contributed by atoms with Gasteiger partial charge in [-0.2, -0.15) is 10.1 Å². The number of rotatable bonds is 4. The maximum Gasteiger partial charge on any atom is 0.244 e. The lowest BCUT2D eigenvalue weighted by Crippen LogP contribution is -2.25. The molecule has 0 spiro atoms. The Bertz CT molecular complexity index is 625. The fourth-order valence-corrected chi connectivity index (χ4v) is 2.05. The summed E-state index contributed by atoms with van der Waals surface area (Å²) in [5.74, 6) is 0.432. The van der Waals surface area contributed by atoms with Crippen LogP contribution in [0.5, 0.6) is 0 Å². The summed E-state index contributed by atoms with van der Waals surface area (Å²) in [6, 6.07) is 2.77. The van der Waals surface area contributed by atoms with E-state index in [1.54, 1.807) is 19.1 Å². The molecular weight excluding hydrogens is 258 g/mol. The van der Waals surface area contributed by atoms with E-state index in [1.165, 1.54) is 6.20 Å². The van der Waals surface area contributed by atoms with Crippen LogP contribution in [0.3, 0.4) is 0 Å².